The molecule has 0 unspecified atom stereocenters. The van der Waals surface area contributed by atoms with Gasteiger partial charge in [-0.2, -0.15) is 4.98 Å². The number of aromatic nitrogens is 2. The average molecular weight is 264 g/mol. The lowest BCUT2D eigenvalue weighted by atomic mass is 10.1. The Hall–Kier alpha value is -1.82. The molecule has 0 saturated heterocycles. The average Bonchev–Trinajstić information content (AvgIpc) is 2.74. The third-order valence-electron chi connectivity index (χ3n) is 2.37. The van der Waals surface area contributed by atoms with Crippen molar-refractivity contribution < 1.29 is 14.4 Å². The summed E-state index contributed by atoms with van der Waals surface area (Å²) in [6.45, 7) is 3.53. The first kappa shape index (κ1) is 12.6. The number of carboxylic acid groups (broad SMARTS) is 1. The van der Waals surface area contributed by atoms with Crippen molar-refractivity contribution in [3.8, 4) is 0 Å². The molecule has 18 heavy (non-hydrogen) atoms. The van der Waals surface area contributed by atoms with Crippen LogP contribution in [-0.2, 0) is 5.75 Å². The second kappa shape index (κ2) is 5.22. The molecule has 0 amide bonds. The number of thioether (sulfide) groups is 1. The smallest absolute Gasteiger partial charge is 0.335 e. The molecule has 0 aliphatic rings. The monoisotopic (exact) mass is 264 g/mol. The highest BCUT2D eigenvalue weighted by atomic mass is 32.2. The largest absolute Gasteiger partial charge is 0.478 e. The maximum Gasteiger partial charge on any atom is 0.335 e. The number of hydrogen-bond acceptors (Lipinski definition) is 5. The molecule has 1 aromatic heterocycles. The van der Waals surface area contributed by atoms with Crippen molar-refractivity contribution in [3.63, 3.8) is 0 Å². The van der Waals surface area contributed by atoms with Crippen LogP contribution in [0.5, 0.6) is 0 Å². The summed E-state index contributed by atoms with van der Waals surface area (Å²) in [5.74, 6) is 0.752. The van der Waals surface area contributed by atoms with Crippen LogP contribution < -0.4 is 0 Å². The van der Waals surface area contributed by atoms with E-state index in [1.54, 1.807) is 26.0 Å². The Morgan fingerprint density at radius 3 is 2.83 bits per heavy atom. The molecule has 0 spiro atoms. The Morgan fingerprint density at radius 2 is 2.22 bits per heavy atom. The van der Waals surface area contributed by atoms with Gasteiger partial charge in [0.1, 0.15) is 0 Å². The van der Waals surface area contributed by atoms with Gasteiger partial charge in [0.25, 0.3) is 0 Å². The van der Waals surface area contributed by atoms with Crippen LogP contribution in [0.1, 0.15) is 27.6 Å². The molecular weight excluding hydrogens is 252 g/mol. The van der Waals surface area contributed by atoms with Crippen molar-refractivity contribution in [2.45, 2.75) is 24.5 Å². The summed E-state index contributed by atoms with van der Waals surface area (Å²) in [7, 11) is 0. The number of aromatic carboxylic acids is 1. The van der Waals surface area contributed by atoms with Crippen molar-refractivity contribution in [1.82, 2.24) is 10.1 Å². The number of carbonyl (C=O) groups is 1. The summed E-state index contributed by atoms with van der Waals surface area (Å²) >= 11 is 1.47. The molecule has 0 saturated carbocycles. The topological polar surface area (TPSA) is 76.2 Å². The van der Waals surface area contributed by atoms with Gasteiger partial charge < -0.3 is 9.63 Å². The molecule has 1 N–H and O–H groups in total. The fraction of sp³-hybridized carbons (Fsp3) is 0.250. The number of carboxylic acids is 1. The van der Waals surface area contributed by atoms with Gasteiger partial charge >= 0.3 is 5.97 Å². The van der Waals surface area contributed by atoms with Gasteiger partial charge in [-0.3, -0.25) is 0 Å². The van der Waals surface area contributed by atoms with Gasteiger partial charge in [-0.1, -0.05) is 11.2 Å². The molecule has 2 rings (SSSR count). The van der Waals surface area contributed by atoms with Gasteiger partial charge in [0.15, 0.2) is 5.82 Å². The van der Waals surface area contributed by atoms with Crippen molar-refractivity contribution in [1.29, 1.82) is 0 Å². The fourth-order valence-electron chi connectivity index (χ4n) is 1.47. The minimum atomic E-state index is -0.913. The maximum absolute atomic E-state index is 11.0. The van der Waals surface area contributed by atoms with Crippen LogP contribution in [0.3, 0.4) is 0 Å². The van der Waals surface area contributed by atoms with E-state index in [0.717, 1.165) is 10.5 Å². The van der Waals surface area contributed by atoms with Gasteiger partial charge in [0.2, 0.25) is 5.89 Å². The summed E-state index contributed by atoms with van der Waals surface area (Å²) in [5, 5.41) is 12.7. The lowest BCUT2D eigenvalue weighted by Gasteiger charge is -2.03. The van der Waals surface area contributed by atoms with Crippen molar-refractivity contribution in [2.24, 2.45) is 0 Å². The number of nitrogens with zero attached hydrogens (tertiary/aromatic N) is 2. The number of hydrogen-bond donors (Lipinski definition) is 1. The van der Waals surface area contributed by atoms with E-state index in [4.69, 9.17) is 9.63 Å². The molecule has 0 radical (unpaired) electrons. The third kappa shape index (κ3) is 2.89. The number of rotatable bonds is 4. The summed E-state index contributed by atoms with van der Waals surface area (Å²) in [6.07, 6.45) is 0. The van der Waals surface area contributed by atoms with E-state index in [1.807, 2.05) is 6.07 Å². The standard InChI is InChI=1S/C12H12N2O3S/c1-7-3-4-9(5-10(7)12(15)16)18-6-11-13-8(2)14-17-11/h3-5H,6H2,1-2H3,(H,15,16). The highest BCUT2D eigenvalue weighted by molar-refractivity contribution is 7.98. The lowest BCUT2D eigenvalue weighted by Crippen LogP contribution is -1.99. The molecule has 5 nitrogen and oxygen atoms in total. The van der Waals surface area contributed by atoms with Gasteiger partial charge in [-0.05, 0) is 31.5 Å². The van der Waals surface area contributed by atoms with Crippen LogP contribution in [0.2, 0.25) is 0 Å². The van der Waals surface area contributed by atoms with E-state index in [2.05, 4.69) is 10.1 Å². The van der Waals surface area contributed by atoms with Gasteiger partial charge in [0, 0.05) is 4.90 Å². The summed E-state index contributed by atoms with van der Waals surface area (Å²) in [5.41, 5.74) is 1.07. The molecule has 94 valence electrons. The van der Waals surface area contributed by atoms with Crippen LogP contribution in [-0.4, -0.2) is 21.2 Å². The first-order valence-corrected chi connectivity index (χ1v) is 6.31. The van der Waals surface area contributed by atoms with Crippen molar-refractivity contribution in [3.05, 3.63) is 41.0 Å². The number of benzene rings is 1. The van der Waals surface area contributed by atoms with E-state index in [9.17, 15) is 4.79 Å². The van der Waals surface area contributed by atoms with Crippen LogP contribution in [0.15, 0.2) is 27.6 Å². The summed E-state index contributed by atoms with van der Waals surface area (Å²) in [4.78, 5) is 16.0. The molecule has 6 heteroatoms. The van der Waals surface area contributed by atoms with E-state index >= 15 is 0 Å². The minimum absolute atomic E-state index is 0.321. The van der Waals surface area contributed by atoms with Crippen LogP contribution >= 0.6 is 11.8 Å². The van der Waals surface area contributed by atoms with E-state index in [-0.39, 0.29) is 0 Å². The Balaban J connectivity index is 2.10. The summed E-state index contributed by atoms with van der Waals surface area (Å²) < 4.78 is 4.99. The third-order valence-corrected chi connectivity index (χ3v) is 3.35. The SMILES string of the molecule is Cc1noc(CSc2ccc(C)c(C(=O)O)c2)n1. The van der Waals surface area contributed by atoms with Crippen LogP contribution in [0.25, 0.3) is 0 Å². The first-order valence-electron chi connectivity index (χ1n) is 5.32. The van der Waals surface area contributed by atoms with Crippen LogP contribution in [0.4, 0.5) is 0 Å². The van der Waals surface area contributed by atoms with Gasteiger partial charge in [-0.15, -0.1) is 11.8 Å². The van der Waals surface area contributed by atoms with Crippen LogP contribution in [0, 0.1) is 13.8 Å². The second-order valence-corrected chi connectivity index (χ2v) is 4.85. The Kier molecular flexibility index (Phi) is 3.66. The second-order valence-electron chi connectivity index (χ2n) is 3.81. The first-order chi connectivity index (χ1) is 8.56. The van der Waals surface area contributed by atoms with Gasteiger partial charge in [0.05, 0.1) is 11.3 Å². The highest BCUT2D eigenvalue weighted by Crippen LogP contribution is 2.24. The number of aryl methyl sites for hydroxylation is 2. The van der Waals surface area contributed by atoms with Crippen molar-refractivity contribution >= 4 is 17.7 Å². The molecule has 0 aliphatic carbocycles. The summed E-state index contributed by atoms with van der Waals surface area (Å²) in [6, 6.07) is 5.34. The van der Waals surface area contributed by atoms with E-state index in [1.165, 1.54) is 11.8 Å². The quantitative estimate of drug-likeness (QED) is 0.855. The predicted octanol–water partition coefficient (Wildman–Crippen LogP) is 2.68. The van der Waals surface area contributed by atoms with E-state index in [0.29, 0.717) is 23.0 Å². The predicted molar refractivity (Wildman–Crippen MR) is 66.7 cm³/mol. The zero-order valence-electron chi connectivity index (χ0n) is 10.0. The molecule has 1 heterocycles. The normalized spacial score (nSPS) is 10.6. The zero-order chi connectivity index (χ0) is 13.1. The lowest BCUT2D eigenvalue weighted by molar-refractivity contribution is 0.0696. The molecule has 2 aromatic rings. The molecule has 0 bridgehead atoms. The molecule has 0 fully saturated rings. The molecule has 0 aliphatic heterocycles. The minimum Gasteiger partial charge on any atom is -0.478 e. The van der Waals surface area contributed by atoms with E-state index < -0.39 is 5.97 Å². The molecular formula is C12H12N2O3S. The van der Waals surface area contributed by atoms with Crippen molar-refractivity contribution in [2.75, 3.05) is 0 Å². The molecule has 1 aromatic carbocycles. The fourth-order valence-corrected chi connectivity index (χ4v) is 2.24. The Bertz CT molecular complexity index is 580. The molecule has 0 atom stereocenters. The Labute approximate surface area is 108 Å². The maximum atomic E-state index is 11.0. The van der Waals surface area contributed by atoms with Gasteiger partial charge in [-0.25, -0.2) is 4.79 Å². The Morgan fingerprint density at radius 1 is 1.44 bits per heavy atom. The highest BCUT2D eigenvalue weighted by Gasteiger charge is 2.09. The zero-order valence-corrected chi connectivity index (χ0v) is 10.8.